The Bertz CT molecular complexity index is 249. The van der Waals surface area contributed by atoms with Crippen molar-refractivity contribution in [3.63, 3.8) is 0 Å². The van der Waals surface area contributed by atoms with Crippen LogP contribution in [0.25, 0.3) is 0 Å². The van der Waals surface area contributed by atoms with Gasteiger partial charge < -0.3 is 4.90 Å². The summed E-state index contributed by atoms with van der Waals surface area (Å²) in [5.74, 6) is -1.22. The average Bonchev–Trinajstić information content (AvgIpc) is 2.02. The van der Waals surface area contributed by atoms with Gasteiger partial charge in [0.2, 0.25) is 5.78 Å². The van der Waals surface area contributed by atoms with Gasteiger partial charge >= 0.3 is 6.03 Å². The van der Waals surface area contributed by atoms with Crippen LogP contribution in [0.3, 0.4) is 0 Å². The lowest BCUT2D eigenvalue weighted by molar-refractivity contribution is -0.145. The maximum atomic E-state index is 11.2. The Morgan fingerprint density at radius 2 is 1.92 bits per heavy atom. The van der Waals surface area contributed by atoms with Crippen LogP contribution in [0, 0.1) is 0 Å². The van der Waals surface area contributed by atoms with Crippen molar-refractivity contribution >= 4 is 17.7 Å². The first-order valence-electron chi connectivity index (χ1n) is 3.67. The fourth-order valence-electron chi connectivity index (χ4n) is 1.07. The van der Waals surface area contributed by atoms with E-state index in [1.165, 1.54) is 11.9 Å². The quantitative estimate of drug-likeness (QED) is 0.497. The summed E-state index contributed by atoms with van der Waals surface area (Å²) in [5, 5.41) is 0. The molecule has 5 nitrogen and oxygen atoms in total. The SMILES string of the molecule is CCN1C(=O)C(=O)CN(C)C1=O. The van der Waals surface area contributed by atoms with Crippen LogP contribution in [0.4, 0.5) is 4.79 Å². The molecule has 0 radical (unpaired) electrons. The summed E-state index contributed by atoms with van der Waals surface area (Å²) in [4.78, 5) is 35.3. The van der Waals surface area contributed by atoms with E-state index in [0.717, 1.165) is 4.90 Å². The van der Waals surface area contributed by atoms with Crippen LogP contribution >= 0.6 is 0 Å². The van der Waals surface area contributed by atoms with E-state index in [1.54, 1.807) is 6.92 Å². The van der Waals surface area contributed by atoms with Crippen LogP contribution in [0.1, 0.15) is 6.92 Å². The summed E-state index contributed by atoms with van der Waals surface area (Å²) in [6, 6.07) is -0.401. The van der Waals surface area contributed by atoms with Gasteiger partial charge in [0, 0.05) is 13.6 Å². The van der Waals surface area contributed by atoms with Gasteiger partial charge in [-0.3, -0.25) is 14.5 Å². The highest BCUT2D eigenvalue weighted by Crippen LogP contribution is 2.04. The summed E-state index contributed by atoms with van der Waals surface area (Å²) in [5.41, 5.74) is 0. The van der Waals surface area contributed by atoms with Crippen LogP contribution in [0.5, 0.6) is 0 Å². The number of carbonyl (C=O) groups excluding carboxylic acids is 3. The molecule has 3 amide bonds. The normalized spacial score (nSPS) is 19.0. The van der Waals surface area contributed by atoms with E-state index in [-0.39, 0.29) is 13.1 Å². The van der Waals surface area contributed by atoms with Gasteiger partial charge in [-0.15, -0.1) is 0 Å². The van der Waals surface area contributed by atoms with Crippen LogP contribution in [-0.4, -0.2) is 47.7 Å². The molecule has 1 aliphatic heterocycles. The molecule has 5 heteroatoms. The molecule has 0 aromatic rings. The smallest absolute Gasteiger partial charge is 0.319 e. The number of amides is 3. The Kier molecular flexibility index (Phi) is 2.12. The Morgan fingerprint density at radius 1 is 1.33 bits per heavy atom. The van der Waals surface area contributed by atoms with Gasteiger partial charge in [0.15, 0.2) is 0 Å². The first-order chi connectivity index (χ1) is 5.57. The second kappa shape index (κ2) is 2.92. The molecule has 0 spiro atoms. The van der Waals surface area contributed by atoms with E-state index >= 15 is 0 Å². The minimum absolute atomic E-state index is 0.103. The molecule has 0 atom stereocenters. The number of hydrogen-bond donors (Lipinski definition) is 0. The first-order valence-corrected chi connectivity index (χ1v) is 3.67. The molecular weight excluding hydrogens is 160 g/mol. The van der Waals surface area contributed by atoms with Crippen molar-refractivity contribution in [2.45, 2.75) is 6.92 Å². The first kappa shape index (κ1) is 8.70. The largest absolute Gasteiger partial charge is 0.327 e. The molecule has 1 saturated heterocycles. The summed E-state index contributed by atoms with van der Waals surface area (Å²) < 4.78 is 0. The number of Topliss-reactive ketones (excluding diaryl/α,β-unsaturated/α-hetero) is 1. The van der Waals surface area contributed by atoms with E-state index in [9.17, 15) is 14.4 Å². The van der Waals surface area contributed by atoms with Crippen molar-refractivity contribution in [3.8, 4) is 0 Å². The van der Waals surface area contributed by atoms with E-state index in [4.69, 9.17) is 0 Å². The Hall–Kier alpha value is -1.39. The third-order valence-corrected chi connectivity index (χ3v) is 1.74. The maximum Gasteiger partial charge on any atom is 0.327 e. The number of urea groups is 1. The van der Waals surface area contributed by atoms with Crippen molar-refractivity contribution in [2.75, 3.05) is 20.1 Å². The number of likely N-dealkylation sites (N-methyl/N-ethyl adjacent to an activating group) is 2. The third kappa shape index (κ3) is 1.17. The van der Waals surface area contributed by atoms with Gasteiger partial charge in [-0.05, 0) is 6.92 Å². The van der Waals surface area contributed by atoms with Crippen LogP contribution in [0.15, 0.2) is 0 Å². The van der Waals surface area contributed by atoms with E-state index in [1.807, 2.05) is 0 Å². The van der Waals surface area contributed by atoms with Gasteiger partial charge in [0.05, 0.1) is 6.54 Å². The molecule has 0 N–H and O–H groups in total. The maximum absolute atomic E-state index is 11.2. The molecule has 1 aliphatic rings. The highest BCUT2D eigenvalue weighted by molar-refractivity contribution is 6.41. The number of nitrogens with zero attached hydrogens (tertiary/aromatic N) is 2. The minimum atomic E-state index is -0.694. The molecule has 0 unspecified atom stereocenters. The Morgan fingerprint density at radius 3 is 2.42 bits per heavy atom. The molecule has 66 valence electrons. The number of hydrogen-bond acceptors (Lipinski definition) is 3. The molecule has 12 heavy (non-hydrogen) atoms. The average molecular weight is 170 g/mol. The number of rotatable bonds is 1. The van der Waals surface area contributed by atoms with E-state index in [0.29, 0.717) is 0 Å². The van der Waals surface area contributed by atoms with Crippen LogP contribution < -0.4 is 0 Å². The second-order valence-corrected chi connectivity index (χ2v) is 2.61. The lowest BCUT2D eigenvalue weighted by Gasteiger charge is -2.29. The Balaban J connectivity index is 2.88. The molecular formula is C7H10N2O3. The minimum Gasteiger partial charge on any atom is -0.319 e. The highest BCUT2D eigenvalue weighted by Gasteiger charge is 2.34. The van der Waals surface area contributed by atoms with Crippen molar-refractivity contribution in [1.29, 1.82) is 0 Å². The monoisotopic (exact) mass is 170 g/mol. The van der Waals surface area contributed by atoms with Gasteiger partial charge in [0.25, 0.3) is 5.91 Å². The molecule has 0 aromatic carbocycles. The van der Waals surface area contributed by atoms with Crippen molar-refractivity contribution in [1.82, 2.24) is 9.80 Å². The van der Waals surface area contributed by atoms with Gasteiger partial charge in [-0.1, -0.05) is 0 Å². The predicted molar refractivity (Wildman–Crippen MR) is 40.4 cm³/mol. The van der Waals surface area contributed by atoms with Gasteiger partial charge in [-0.2, -0.15) is 0 Å². The number of ketones is 1. The molecule has 0 aliphatic carbocycles. The third-order valence-electron chi connectivity index (χ3n) is 1.74. The molecule has 0 bridgehead atoms. The van der Waals surface area contributed by atoms with E-state index < -0.39 is 17.7 Å². The summed E-state index contributed by atoms with van der Waals surface area (Å²) >= 11 is 0. The lowest BCUT2D eigenvalue weighted by atomic mass is 10.2. The van der Waals surface area contributed by atoms with Gasteiger partial charge in [0.1, 0.15) is 0 Å². The number of imide groups is 1. The number of carbonyl (C=O) groups is 3. The summed E-state index contributed by atoms with van der Waals surface area (Å²) in [7, 11) is 1.50. The van der Waals surface area contributed by atoms with Crippen molar-refractivity contribution in [2.24, 2.45) is 0 Å². The molecule has 1 rings (SSSR count). The zero-order valence-corrected chi connectivity index (χ0v) is 7.03. The summed E-state index contributed by atoms with van der Waals surface area (Å²) in [6.07, 6.45) is 0. The molecule has 1 heterocycles. The van der Waals surface area contributed by atoms with Gasteiger partial charge in [-0.25, -0.2) is 4.79 Å². The van der Waals surface area contributed by atoms with Crippen molar-refractivity contribution < 1.29 is 14.4 Å². The second-order valence-electron chi connectivity index (χ2n) is 2.61. The zero-order chi connectivity index (χ0) is 9.30. The zero-order valence-electron chi connectivity index (χ0n) is 7.03. The van der Waals surface area contributed by atoms with Crippen LogP contribution in [-0.2, 0) is 9.59 Å². The lowest BCUT2D eigenvalue weighted by Crippen LogP contribution is -2.55. The Labute approximate surface area is 69.9 Å². The summed E-state index contributed by atoms with van der Waals surface area (Å²) in [6.45, 7) is 1.80. The van der Waals surface area contributed by atoms with E-state index in [2.05, 4.69) is 0 Å². The highest BCUT2D eigenvalue weighted by atomic mass is 16.2. The standard InChI is InChI=1S/C7H10N2O3/c1-3-9-6(11)5(10)4-8(2)7(9)12/h3-4H2,1-2H3. The fourth-order valence-corrected chi connectivity index (χ4v) is 1.07. The molecule has 1 fully saturated rings. The fraction of sp³-hybridized carbons (Fsp3) is 0.571. The molecule has 0 aromatic heterocycles. The topological polar surface area (TPSA) is 57.7 Å². The predicted octanol–water partition coefficient (Wildman–Crippen LogP) is -0.531. The van der Waals surface area contributed by atoms with Crippen molar-refractivity contribution in [3.05, 3.63) is 0 Å². The van der Waals surface area contributed by atoms with Crippen LogP contribution in [0.2, 0.25) is 0 Å². The molecule has 0 saturated carbocycles.